The maximum Gasteiger partial charge on any atom is 0.0384 e. The van der Waals surface area contributed by atoms with E-state index in [-0.39, 0.29) is 5.41 Å². The van der Waals surface area contributed by atoms with Crippen LogP contribution in [0.5, 0.6) is 0 Å². The molecule has 0 aliphatic carbocycles. The Morgan fingerprint density at radius 2 is 2.00 bits per heavy atom. The first-order valence-corrected chi connectivity index (χ1v) is 8.53. The van der Waals surface area contributed by atoms with Gasteiger partial charge in [0.15, 0.2) is 0 Å². The largest absolute Gasteiger partial charge is 0.309 e. The SMILES string of the molecule is CCCNC(c1ccccc1)C(C)(C)CN1CCC(C)C1. The van der Waals surface area contributed by atoms with E-state index in [1.54, 1.807) is 0 Å². The van der Waals surface area contributed by atoms with Gasteiger partial charge in [0, 0.05) is 19.1 Å². The van der Waals surface area contributed by atoms with Crippen LogP contribution in [-0.2, 0) is 0 Å². The number of likely N-dealkylation sites (tertiary alicyclic amines) is 1. The van der Waals surface area contributed by atoms with Crippen molar-refractivity contribution >= 4 is 0 Å². The lowest BCUT2D eigenvalue weighted by molar-refractivity contribution is 0.153. The van der Waals surface area contributed by atoms with Crippen molar-refractivity contribution in [2.24, 2.45) is 11.3 Å². The van der Waals surface area contributed by atoms with E-state index < -0.39 is 0 Å². The normalized spacial score (nSPS) is 21.6. The van der Waals surface area contributed by atoms with Gasteiger partial charge in [-0.05, 0) is 42.8 Å². The Bertz CT molecular complexity index is 413. The summed E-state index contributed by atoms with van der Waals surface area (Å²) in [6.07, 6.45) is 2.54. The van der Waals surface area contributed by atoms with Crippen LogP contribution >= 0.6 is 0 Å². The van der Waals surface area contributed by atoms with Gasteiger partial charge < -0.3 is 10.2 Å². The van der Waals surface area contributed by atoms with E-state index in [0.29, 0.717) is 6.04 Å². The van der Waals surface area contributed by atoms with Gasteiger partial charge >= 0.3 is 0 Å². The molecule has 1 aliphatic rings. The quantitative estimate of drug-likeness (QED) is 0.813. The number of nitrogens with zero attached hydrogens (tertiary/aromatic N) is 1. The molecule has 1 fully saturated rings. The third-order valence-electron chi connectivity index (χ3n) is 4.65. The molecular formula is C19H32N2. The van der Waals surface area contributed by atoms with Gasteiger partial charge in [0.25, 0.3) is 0 Å². The molecule has 0 amide bonds. The summed E-state index contributed by atoms with van der Waals surface area (Å²) in [5.41, 5.74) is 1.66. The topological polar surface area (TPSA) is 15.3 Å². The molecule has 0 bridgehead atoms. The standard InChI is InChI=1S/C19H32N2/c1-5-12-20-18(17-9-7-6-8-10-17)19(3,4)15-21-13-11-16(2)14-21/h6-10,16,18,20H,5,11-15H2,1-4H3. The molecule has 21 heavy (non-hydrogen) atoms. The summed E-state index contributed by atoms with van der Waals surface area (Å²) in [6, 6.07) is 11.4. The van der Waals surface area contributed by atoms with Gasteiger partial charge in [-0.3, -0.25) is 0 Å². The highest BCUT2D eigenvalue weighted by atomic mass is 15.2. The molecule has 2 unspecified atom stereocenters. The second kappa shape index (κ2) is 7.42. The van der Waals surface area contributed by atoms with Crippen molar-refractivity contribution in [3.8, 4) is 0 Å². The average Bonchev–Trinajstić information content (AvgIpc) is 2.84. The molecule has 1 aliphatic heterocycles. The molecule has 0 radical (unpaired) electrons. The van der Waals surface area contributed by atoms with Crippen molar-refractivity contribution in [3.05, 3.63) is 35.9 Å². The van der Waals surface area contributed by atoms with E-state index in [0.717, 1.165) is 12.5 Å². The molecule has 1 saturated heterocycles. The summed E-state index contributed by atoms with van der Waals surface area (Å²) < 4.78 is 0. The van der Waals surface area contributed by atoms with E-state index in [1.807, 2.05) is 0 Å². The lowest BCUT2D eigenvalue weighted by Crippen LogP contribution is -2.42. The number of hydrogen-bond acceptors (Lipinski definition) is 2. The third-order valence-corrected chi connectivity index (χ3v) is 4.65. The second-order valence-electron chi connectivity index (χ2n) is 7.42. The van der Waals surface area contributed by atoms with Crippen LogP contribution in [0.4, 0.5) is 0 Å². The van der Waals surface area contributed by atoms with E-state index >= 15 is 0 Å². The summed E-state index contributed by atoms with van der Waals surface area (Å²) in [5, 5.41) is 3.78. The van der Waals surface area contributed by atoms with Gasteiger partial charge in [-0.1, -0.05) is 58.0 Å². The van der Waals surface area contributed by atoms with Crippen LogP contribution < -0.4 is 5.32 Å². The molecule has 1 aromatic rings. The summed E-state index contributed by atoms with van der Waals surface area (Å²) >= 11 is 0. The van der Waals surface area contributed by atoms with Gasteiger partial charge in [0.2, 0.25) is 0 Å². The van der Waals surface area contributed by atoms with Gasteiger partial charge in [0.05, 0.1) is 0 Å². The van der Waals surface area contributed by atoms with Crippen LogP contribution in [0.1, 0.15) is 52.1 Å². The van der Waals surface area contributed by atoms with E-state index in [1.165, 1.54) is 38.0 Å². The number of benzene rings is 1. The maximum atomic E-state index is 3.78. The number of rotatable bonds is 7. The van der Waals surface area contributed by atoms with Crippen LogP contribution in [0.3, 0.4) is 0 Å². The van der Waals surface area contributed by atoms with Gasteiger partial charge in [-0.2, -0.15) is 0 Å². The van der Waals surface area contributed by atoms with Crippen LogP contribution in [0, 0.1) is 11.3 Å². The Balaban J connectivity index is 2.10. The fourth-order valence-electron chi connectivity index (χ4n) is 3.62. The summed E-state index contributed by atoms with van der Waals surface area (Å²) in [5.74, 6) is 0.861. The van der Waals surface area contributed by atoms with E-state index in [9.17, 15) is 0 Å². The minimum Gasteiger partial charge on any atom is -0.309 e. The van der Waals surface area contributed by atoms with Crippen molar-refractivity contribution < 1.29 is 0 Å². The molecule has 0 aromatic heterocycles. The van der Waals surface area contributed by atoms with Crippen LogP contribution in [0.25, 0.3) is 0 Å². The number of hydrogen-bond donors (Lipinski definition) is 1. The van der Waals surface area contributed by atoms with Crippen LogP contribution in [0.15, 0.2) is 30.3 Å². The summed E-state index contributed by atoms with van der Waals surface area (Å²) in [4.78, 5) is 2.65. The molecule has 2 nitrogen and oxygen atoms in total. The van der Waals surface area contributed by atoms with Gasteiger partial charge in [-0.25, -0.2) is 0 Å². The second-order valence-corrected chi connectivity index (χ2v) is 7.42. The molecule has 2 atom stereocenters. The van der Waals surface area contributed by atoms with E-state index in [2.05, 4.69) is 68.2 Å². The molecule has 1 heterocycles. The number of nitrogens with one attached hydrogen (secondary N) is 1. The van der Waals surface area contributed by atoms with E-state index in [4.69, 9.17) is 0 Å². The molecule has 118 valence electrons. The van der Waals surface area contributed by atoms with Crippen LogP contribution in [-0.4, -0.2) is 31.1 Å². The Labute approximate surface area is 130 Å². The van der Waals surface area contributed by atoms with Gasteiger partial charge in [-0.15, -0.1) is 0 Å². The smallest absolute Gasteiger partial charge is 0.0384 e. The molecule has 2 heteroatoms. The molecule has 0 spiro atoms. The highest BCUT2D eigenvalue weighted by Gasteiger charge is 2.33. The van der Waals surface area contributed by atoms with Crippen molar-refractivity contribution in [1.82, 2.24) is 10.2 Å². The predicted octanol–water partition coefficient (Wildman–Crippen LogP) is 4.10. The van der Waals surface area contributed by atoms with Gasteiger partial charge in [0.1, 0.15) is 0 Å². The Morgan fingerprint density at radius 3 is 2.57 bits per heavy atom. The lowest BCUT2D eigenvalue weighted by Gasteiger charge is -2.38. The zero-order chi connectivity index (χ0) is 15.3. The zero-order valence-electron chi connectivity index (χ0n) is 14.2. The Morgan fingerprint density at radius 1 is 1.29 bits per heavy atom. The minimum atomic E-state index is 0.237. The molecule has 1 N–H and O–H groups in total. The molecule has 0 saturated carbocycles. The first kappa shape index (κ1) is 16.5. The van der Waals surface area contributed by atoms with Crippen molar-refractivity contribution in [1.29, 1.82) is 0 Å². The van der Waals surface area contributed by atoms with Crippen molar-refractivity contribution in [2.75, 3.05) is 26.2 Å². The molecule has 2 rings (SSSR count). The summed E-state index contributed by atoms with van der Waals surface area (Å²) in [6.45, 7) is 14.2. The van der Waals surface area contributed by atoms with Crippen LogP contribution in [0.2, 0.25) is 0 Å². The molecular weight excluding hydrogens is 256 g/mol. The van der Waals surface area contributed by atoms with Crippen molar-refractivity contribution in [3.63, 3.8) is 0 Å². The minimum absolute atomic E-state index is 0.237. The highest BCUT2D eigenvalue weighted by molar-refractivity contribution is 5.21. The first-order chi connectivity index (χ1) is 10.0. The monoisotopic (exact) mass is 288 g/mol. The average molecular weight is 288 g/mol. The lowest BCUT2D eigenvalue weighted by atomic mass is 9.79. The zero-order valence-corrected chi connectivity index (χ0v) is 14.2. The third kappa shape index (κ3) is 4.55. The maximum absolute atomic E-state index is 3.78. The fourth-order valence-corrected chi connectivity index (χ4v) is 3.62. The predicted molar refractivity (Wildman–Crippen MR) is 91.5 cm³/mol. The van der Waals surface area contributed by atoms with Crippen molar-refractivity contribution in [2.45, 2.75) is 46.6 Å². The fraction of sp³-hybridized carbons (Fsp3) is 0.684. The Hall–Kier alpha value is -0.860. The summed E-state index contributed by atoms with van der Waals surface area (Å²) in [7, 11) is 0. The highest BCUT2D eigenvalue weighted by Crippen LogP contribution is 2.35. The Kier molecular flexibility index (Phi) is 5.83. The molecule has 1 aromatic carbocycles. The first-order valence-electron chi connectivity index (χ1n) is 8.53.